The minimum atomic E-state index is -0.937. The average Bonchev–Trinajstić information content (AvgIpc) is 2.38. The third-order valence-corrected chi connectivity index (χ3v) is 2.23. The zero-order chi connectivity index (χ0) is 12.1. The first kappa shape index (κ1) is 11.0. The van der Waals surface area contributed by atoms with Crippen molar-refractivity contribution in [2.75, 3.05) is 0 Å². The van der Waals surface area contributed by atoms with Gasteiger partial charge in [-0.3, -0.25) is 0 Å². The molecule has 82 valence electrons. The fraction of sp³-hybridized carbons (Fsp3) is 0. The number of carboxylic acids is 1. The monoisotopic (exact) mass is 222 g/mol. The van der Waals surface area contributed by atoms with Crippen LogP contribution in [0.3, 0.4) is 0 Å². The Morgan fingerprint density at radius 2 is 1.53 bits per heavy atom. The number of hydrogen-bond acceptors (Lipinski definition) is 1. The summed E-state index contributed by atoms with van der Waals surface area (Å²) in [5, 5.41) is 8.85. The highest BCUT2D eigenvalue weighted by molar-refractivity contribution is 5.88. The summed E-state index contributed by atoms with van der Waals surface area (Å²) in [5.74, 6) is 4.99. The fourth-order valence-corrected chi connectivity index (χ4v) is 1.40. The number of carboxylic acid groups (broad SMARTS) is 1. The highest BCUT2D eigenvalue weighted by Crippen LogP contribution is 2.04. The molecule has 0 saturated heterocycles. The van der Waals surface area contributed by atoms with E-state index in [9.17, 15) is 4.79 Å². The molecule has 0 aliphatic carbocycles. The Morgan fingerprint density at radius 3 is 2.24 bits per heavy atom. The molecule has 0 fully saturated rings. The van der Waals surface area contributed by atoms with E-state index in [4.69, 9.17) is 5.11 Å². The highest BCUT2D eigenvalue weighted by atomic mass is 16.4. The van der Waals surface area contributed by atoms with Crippen molar-refractivity contribution in [1.82, 2.24) is 0 Å². The molecule has 0 spiro atoms. The van der Waals surface area contributed by atoms with E-state index in [-0.39, 0.29) is 5.56 Å². The second-order valence-electron chi connectivity index (χ2n) is 3.50. The molecular weight excluding hydrogens is 212 g/mol. The van der Waals surface area contributed by atoms with Crippen LogP contribution >= 0.6 is 0 Å². The van der Waals surface area contributed by atoms with Crippen molar-refractivity contribution < 1.29 is 9.90 Å². The Hall–Kier alpha value is -2.53. The van der Waals surface area contributed by atoms with Gasteiger partial charge in [-0.25, -0.2) is 4.79 Å². The molecule has 0 aromatic heterocycles. The van der Waals surface area contributed by atoms with Gasteiger partial charge in [0.1, 0.15) is 0 Å². The fourth-order valence-electron chi connectivity index (χ4n) is 1.40. The quantitative estimate of drug-likeness (QED) is 0.753. The minimum absolute atomic E-state index is 0.255. The Bertz CT molecular complexity index is 589. The first-order chi connectivity index (χ1) is 8.25. The Balaban J connectivity index is 2.28. The molecule has 0 unspecified atom stereocenters. The van der Waals surface area contributed by atoms with Gasteiger partial charge in [-0.15, -0.1) is 0 Å². The molecule has 0 bridgehead atoms. The summed E-state index contributed by atoms with van der Waals surface area (Å²) in [5.41, 5.74) is 1.87. The Morgan fingerprint density at radius 1 is 0.882 bits per heavy atom. The SMILES string of the molecule is O=C(O)c1cccc(C#Cc2ccccc2)c1. The van der Waals surface area contributed by atoms with Crippen molar-refractivity contribution in [2.24, 2.45) is 0 Å². The van der Waals surface area contributed by atoms with E-state index in [1.807, 2.05) is 30.3 Å². The van der Waals surface area contributed by atoms with Gasteiger partial charge in [0, 0.05) is 11.1 Å². The first-order valence-electron chi connectivity index (χ1n) is 5.16. The molecular formula is C15H10O2. The van der Waals surface area contributed by atoms with E-state index in [1.54, 1.807) is 24.3 Å². The molecule has 2 aromatic carbocycles. The van der Waals surface area contributed by atoms with Gasteiger partial charge < -0.3 is 5.11 Å². The van der Waals surface area contributed by atoms with Crippen molar-refractivity contribution in [3.63, 3.8) is 0 Å². The van der Waals surface area contributed by atoms with E-state index < -0.39 is 5.97 Å². The van der Waals surface area contributed by atoms with Crippen molar-refractivity contribution in [3.05, 3.63) is 71.3 Å². The standard InChI is InChI=1S/C15H10O2/c16-15(17)14-8-4-7-13(11-14)10-9-12-5-2-1-3-6-12/h1-8,11H,(H,16,17). The van der Waals surface area contributed by atoms with E-state index in [2.05, 4.69) is 11.8 Å². The van der Waals surface area contributed by atoms with Crippen LogP contribution in [-0.2, 0) is 0 Å². The smallest absolute Gasteiger partial charge is 0.335 e. The summed E-state index contributed by atoms with van der Waals surface area (Å²) >= 11 is 0. The number of benzene rings is 2. The lowest BCUT2D eigenvalue weighted by Gasteiger charge is -1.94. The van der Waals surface area contributed by atoms with Crippen molar-refractivity contribution in [3.8, 4) is 11.8 Å². The van der Waals surface area contributed by atoms with Gasteiger partial charge in [-0.2, -0.15) is 0 Å². The van der Waals surface area contributed by atoms with Crippen LogP contribution in [0.2, 0.25) is 0 Å². The number of carbonyl (C=O) groups is 1. The van der Waals surface area contributed by atoms with E-state index in [0.717, 1.165) is 5.56 Å². The third-order valence-electron chi connectivity index (χ3n) is 2.23. The summed E-state index contributed by atoms with van der Waals surface area (Å²) in [6, 6.07) is 16.2. The largest absolute Gasteiger partial charge is 0.478 e. The second kappa shape index (κ2) is 5.00. The number of hydrogen-bond donors (Lipinski definition) is 1. The van der Waals surface area contributed by atoms with Crippen LogP contribution < -0.4 is 0 Å². The number of aromatic carboxylic acids is 1. The van der Waals surface area contributed by atoms with Gasteiger partial charge >= 0.3 is 5.97 Å². The van der Waals surface area contributed by atoms with E-state index in [1.165, 1.54) is 0 Å². The van der Waals surface area contributed by atoms with Crippen LogP contribution in [0.5, 0.6) is 0 Å². The summed E-state index contributed by atoms with van der Waals surface area (Å²) in [6.45, 7) is 0. The molecule has 0 aliphatic heterocycles. The summed E-state index contributed by atoms with van der Waals surface area (Å²) in [4.78, 5) is 10.8. The van der Waals surface area contributed by atoms with Gasteiger partial charge in [-0.1, -0.05) is 36.1 Å². The van der Waals surface area contributed by atoms with Crippen molar-refractivity contribution in [2.45, 2.75) is 0 Å². The van der Waals surface area contributed by atoms with E-state index >= 15 is 0 Å². The summed E-state index contributed by atoms with van der Waals surface area (Å²) in [6.07, 6.45) is 0. The van der Waals surface area contributed by atoms with Gasteiger partial charge in [0.05, 0.1) is 5.56 Å². The molecule has 0 radical (unpaired) electrons. The lowest BCUT2D eigenvalue weighted by Crippen LogP contribution is -1.95. The Labute approximate surface area is 99.5 Å². The van der Waals surface area contributed by atoms with Gasteiger partial charge in [0.25, 0.3) is 0 Å². The van der Waals surface area contributed by atoms with Crippen molar-refractivity contribution in [1.29, 1.82) is 0 Å². The van der Waals surface area contributed by atoms with Crippen molar-refractivity contribution >= 4 is 5.97 Å². The topological polar surface area (TPSA) is 37.3 Å². The average molecular weight is 222 g/mol. The van der Waals surface area contributed by atoms with Crippen LogP contribution in [-0.4, -0.2) is 11.1 Å². The van der Waals surface area contributed by atoms with Gasteiger partial charge in [0.2, 0.25) is 0 Å². The molecule has 0 atom stereocenters. The maximum absolute atomic E-state index is 10.8. The Kier molecular flexibility index (Phi) is 3.23. The molecule has 2 heteroatoms. The first-order valence-corrected chi connectivity index (χ1v) is 5.16. The molecule has 2 rings (SSSR count). The highest BCUT2D eigenvalue weighted by Gasteiger charge is 2.00. The molecule has 0 heterocycles. The lowest BCUT2D eigenvalue weighted by molar-refractivity contribution is 0.0697. The molecule has 17 heavy (non-hydrogen) atoms. The molecule has 0 aliphatic rings. The molecule has 2 nitrogen and oxygen atoms in total. The van der Waals surface area contributed by atoms with Gasteiger partial charge in [-0.05, 0) is 30.3 Å². The van der Waals surface area contributed by atoms with Crippen LogP contribution in [0, 0.1) is 11.8 Å². The zero-order valence-electron chi connectivity index (χ0n) is 9.05. The molecule has 2 aromatic rings. The maximum atomic E-state index is 10.8. The van der Waals surface area contributed by atoms with E-state index in [0.29, 0.717) is 5.56 Å². The van der Waals surface area contributed by atoms with Crippen LogP contribution in [0.1, 0.15) is 21.5 Å². The minimum Gasteiger partial charge on any atom is -0.478 e. The molecule has 0 amide bonds. The predicted molar refractivity (Wildman–Crippen MR) is 65.8 cm³/mol. The maximum Gasteiger partial charge on any atom is 0.335 e. The van der Waals surface area contributed by atoms with Gasteiger partial charge in [0.15, 0.2) is 0 Å². The number of rotatable bonds is 1. The van der Waals surface area contributed by atoms with Crippen LogP contribution in [0.15, 0.2) is 54.6 Å². The third kappa shape index (κ3) is 2.96. The summed E-state index contributed by atoms with van der Waals surface area (Å²) < 4.78 is 0. The normalized spacial score (nSPS) is 9.18. The second-order valence-corrected chi connectivity index (χ2v) is 3.50. The van der Waals surface area contributed by atoms with Crippen LogP contribution in [0.25, 0.3) is 0 Å². The predicted octanol–water partition coefficient (Wildman–Crippen LogP) is 2.78. The lowest BCUT2D eigenvalue weighted by atomic mass is 10.1. The summed E-state index contributed by atoms with van der Waals surface area (Å²) in [7, 11) is 0. The van der Waals surface area contributed by atoms with Crippen LogP contribution in [0.4, 0.5) is 0 Å². The zero-order valence-corrected chi connectivity index (χ0v) is 9.05. The molecule has 1 N–H and O–H groups in total. The molecule has 0 saturated carbocycles.